The minimum Gasteiger partial charge on any atom is -0.399 e. The molecule has 0 aromatic heterocycles. The number of hydrogen-bond donors (Lipinski definition) is 1. The first-order valence-electron chi connectivity index (χ1n) is 7.14. The topological polar surface area (TPSA) is 42.8 Å². The molecule has 0 unspecified atom stereocenters. The highest BCUT2D eigenvalue weighted by molar-refractivity contribution is 6.62. The van der Waals surface area contributed by atoms with Gasteiger partial charge in [-0.25, -0.2) is 0 Å². The summed E-state index contributed by atoms with van der Waals surface area (Å²) >= 11 is 0. The van der Waals surface area contributed by atoms with Crippen LogP contribution in [0.3, 0.4) is 0 Å². The van der Waals surface area contributed by atoms with Crippen LogP contribution in [0.2, 0.25) is 0 Å². The Labute approximate surface area is 120 Å². The molecule has 4 nitrogen and oxygen atoms in total. The van der Waals surface area contributed by atoms with E-state index < -0.39 is 0 Å². The number of nitrogens with zero attached hydrogens (tertiary/aromatic N) is 1. The maximum Gasteiger partial charge on any atom is 0.494 e. The van der Waals surface area contributed by atoms with Gasteiger partial charge in [-0.3, -0.25) is 0 Å². The third kappa shape index (κ3) is 2.25. The second kappa shape index (κ2) is 4.60. The summed E-state index contributed by atoms with van der Waals surface area (Å²) in [5.41, 5.74) is 5.69. The lowest BCUT2D eigenvalue weighted by Gasteiger charge is -2.32. The first-order valence-corrected chi connectivity index (χ1v) is 7.14. The quantitative estimate of drug-likeness (QED) is 0.833. The molecule has 1 aromatic carbocycles. The van der Waals surface area contributed by atoms with E-state index in [2.05, 4.69) is 56.4 Å². The van der Waals surface area contributed by atoms with Gasteiger partial charge in [0.15, 0.2) is 0 Å². The van der Waals surface area contributed by atoms with E-state index in [1.165, 1.54) is 0 Å². The van der Waals surface area contributed by atoms with Crippen LogP contribution in [-0.2, 0) is 9.31 Å². The minimum absolute atomic E-state index is 0.305. The Bertz CT molecular complexity index is 539. The summed E-state index contributed by atoms with van der Waals surface area (Å²) in [5, 5.41) is 4.32. The van der Waals surface area contributed by atoms with E-state index in [9.17, 15) is 0 Å². The van der Waals surface area contributed by atoms with Crippen LogP contribution < -0.4 is 10.9 Å². The summed E-state index contributed by atoms with van der Waals surface area (Å²) in [6.07, 6.45) is 0.965. The molecule has 0 spiro atoms. The van der Waals surface area contributed by atoms with Crippen molar-refractivity contribution in [3.05, 3.63) is 29.8 Å². The molecule has 20 heavy (non-hydrogen) atoms. The molecule has 2 aliphatic rings. The molecular weight excluding hydrogens is 251 g/mol. The van der Waals surface area contributed by atoms with Crippen LogP contribution in [0.15, 0.2) is 29.4 Å². The largest absolute Gasteiger partial charge is 0.494 e. The van der Waals surface area contributed by atoms with Crippen molar-refractivity contribution < 1.29 is 9.31 Å². The normalized spacial score (nSPS) is 23.6. The molecule has 1 aromatic rings. The predicted octanol–water partition coefficient (Wildman–Crippen LogP) is 1.68. The number of rotatable bonds is 2. The first kappa shape index (κ1) is 13.6. The first-order chi connectivity index (χ1) is 9.39. The van der Waals surface area contributed by atoms with Crippen molar-refractivity contribution in [3.8, 4) is 0 Å². The van der Waals surface area contributed by atoms with E-state index in [-0.39, 0.29) is 18.3 Å². The lowest BCUT2D eigenvalue weighted by atomic mass is 9.78. The molecule has 0 atom stereocenters. The van der Waals surface area contributed by atoms with Crippen LogP contribution >= 0.6 is 0 Å². The fraction of sp³-hybridized carbons (Fsp3) is 0.533. The van der Waals surface area contributed by atoms with Crippen LogP contribution in [0.5, 0.6) is 0 Å². The second-order valence-electron chi connectivity index (χ2n) is 6.43. The van der Waals surface area contributed by atoms with Gasteiger partial charge in [-0.2, -0.15) is 5.10 Å². The van der Waals surface area contributed by atoms with Crippen molar-refractivity contribution in [2.45, 2.75) is 45.3 Å². The van der Waals surface area contributed by atoms with Crippen LogP contribution in [0.25, 0.3) is 0 Å². The van der Waals surface area contributed by atoms with Crippen molar-refractivity contribution in [1.29, 1.82) is 0 Å². The van der Waals surface area contributed by atoms with Gasteiger partial charge in [-0.1, -0.05) is 24.3 Å². The van der Waals surface area contributed by atoms with Gasteiger partial charge in [-0.15, -0.1) is 0 Å². The van der Waals surface area contributed by atoms with Crippen molar-refractivity contribution in [1.82, 2.24) is 5.43 Å². The Hall–Kier alpha value is -1.33. The molecule has 5 heteroatoms. The summed E-state index contributed by atoms with van der Waals surface area (Å²) in [4.78, 5) is 0. The van der Waals surface area contributed by atoms with Crippen molar-refractivity contribution in [2.24, 2.45) is 5.10 Å². The van der Waals surface area contributed by atoms with Crippen LogP contribution in [0.1, 0.15) is 39.7 Å². The standard InChI is InChI=1S/C15H21BN2O2/c1-14(2)15(3,4)20-16(19-14)12-7-5-6-11(10-12)13-8-9-17-18-13/h5-7,10,17H,8-9H2,1-4H3. The average molecular weight is 272 g/mol. The molecule has 0 saturated carbocycles. The molecular formula is C15H21BN2O2. The molecule has 2 aliphatic heterocycles. The number of benzene rings is 1. The van der Waals surface area contributed by atoms with Gasteiger partial charge in [0.05, 0.1) is 16.9 Å². The highest BCUT2D eigenvalue weighted by Crippen LogP contribution is 2.36. The second-order valence-corrected chi connectivity index (χ2v) is 6.43. The Kier molecular flexibility index (Phi) is 3.14. The Morgan fingerprint density at radius 2 is 1.85 bits per heavy atom. The molecule has 0 radical (unpaired) electrons. The number of nitrogens with one attached hydrogen (secondary N) is 1. The summed E-state index contributed by atoms with van der Waals surface area (Å²) in [6.45, 7) is 9.20. The molecule has 1 fully saturated rings. The third-order valence-electron chi connectivity index (χ3n) is 4.43. The van der Waals surface area contributed by atoms with Crippen molar-refractivity contribution >= 4 is 18.3 Å². The lowest BCUT2D eigenvalue weighted by Crippen LogP contribution is -2.41. The highest BCUT2D eigenvalue weighted by Gasteiger charge is 2.51. The maximum absolute atomic E-state index is 6.09. The van der Waals surface area contributed by atoms with Crippen molar-refractivity contribution in [3.63, 3.8) is 0 Å². The summed E-state index contributed by atoms with van der Waals surface area (Å²) in [7, 11) is -0.310. The summed E-state index contributed by atoms with van der Waals surface area (Å²) in [5.74, 6) is 0. The third-order valence-corrected chi connectivity index (χ3v) is 4.43. The summed E-state index contributed by atoms with van der Waals surface area (Å²) in [6, 6.07) is 8.29. The van der Waals surface area contributed by atoms with Gasteiger partial charge in [0, 0.05) is 13.0 Å². The number of hydrazone groups is 1. The van der Waals surface area contributed by atoms with Crippen molar-refractivity contribution in [2.75, 3.05) is 6.54 Å². The molecule has 1 N–H and O–H groups in total. The maximum atomic E-state index is 6.09. The molecule has 0 aliphatic carbocycles. The summed E-state index contributed by atoms with van der Waals surface area (Å²) < 4.78 is 12.2. The zero-order chi connectivity index (χ0) is 14.4. The van der Waals surface area contributed by atoms with Gasteiger partial charge in [0.2, 0.25) is 0 Å². The smallest absolute Gasteiger partial charge is 0.399 e. The predicted molar refractivity (Wildman–Crippen MR) is 81.3 cm³/mol. The van der Waals surface area contributed by atoms with Gasteiger partial charge >= 0.3 is 7.12 Å². The number of hydrogen-bond acceptors (Lipinski definition) is 4. The Balaban J connectivity index is 1.87. The van der Waals surface area contributed by atoms with E-state index in [1.54, 1.807) is 0 Å². The van der Waals surface area contributed by atoms with E-state index in [0.29, 0.717) is 0 Å². The molecule has 3 rings (SSSR count). The Morgan fingerprint density at radius 1 is 1.15 bits per heavy atom. The lowest BCUT2D eigenvalue weighted by molar-refractivity contribution is 0.00578. The van der Waals surface area contributed by atoms with E-state index in [1.807, 2.05) is 6.07 Å². The monoisotopic (exact) mass is 272 g/mol. The van der Waals surface area contributed by atoms with Crippen LogP contribution in [-0.4, -0.2) is 30.6 Å². The molecule has 2 heterocycles. The molecule has 0 bridgehead atoms. The van der Waals surface area contributed by atoms with Crippen LogP contribution in [0, 0.1) is 0 Å². The van der Waals surface area contributed by atoms with Gasteiger partial charge in [0.1, 0.15) is 0 Å². The van der Waals surface area contributed by atoms with Crippen LogP contribution in [0.4, 0.5) is 0 Å². The average Bonchev–Trinajstić information content (AvgIpc) is 2.97. The van der Waals surface area contributed by atoms with E-state index >= 15 is 0 Å². The molecule has 0 amide bonds. The zero-order valence-corrected chi connectivity index (χ0v) is 12.6. The zero-order valence-electron chi connectivity index (χ0n) is 12.6. The molecule has 106 valence electrons. The van der Waals surface area contributed by atoms with Gasteiger partial charge in [0.25, 0.3) is 0 Å². The highest BCUT2D eigenvalue weighted by atomic mass is 16.7. The molecule has 1 saturated heterocycles. The van der Waals surface area contributed by atoms with Gasteiger partial charge < -0.3 is 14.7 Å². The SMILES string of the molecule is CC1(C)OB(c2cccc(C3=NNCC3)c2)OC1(C)C. The van der Waals surface area contributed by atoms with E-state index in [4.69, 9.17) is 9.31 Å². The minimum atomic E-state index is -0.310. The van der Waals surface area contributed by atoms with E-state index in [0.717, 1.165) is 29.7 Å². The fourth-order valence-corrected chi connectivity index (χ4v) is 2.43. The van der Waals surface area contributed by atoms with Gasteiger partial charge in [-0.05, 0) is 38.7 Å². The fourth-order valence-electron chi connectivity index (χ4n) is 2.43. The Morgan fingerprint density at radius 3 is 2.45 bits per heavy atom.